The van der Waals surface area contributed by atoms with E-state index >= 15 is 0 Å². The molecule has 1 N–H and O–H groups in total. The predicted octanol–water partition coefficient (Wildman–Crippen LogP) is 2.45. The Morgan fingerprint density at radius 1 is 1.38 bits per heavy atom. The van der Waals surface area contributed by atoms with Crippen molar-refractivity contribution >= 4 is 5.97 Å². The van der Waals surface area contributed by atoms with Crippen LogP contribution in [0.25, 0.3) is 0 Å². The van der Waals surface area contributed by atoms with Crippen LogP contribution in [0.5, 0.6) is 0 Å². The number of hydrogen-bond acceptors (Lipinski definition) is 2. The maximum Gasteiger partial charge on any atom is 0.303 e. The van der Waals surface area contributed by atoms with Crippen LogP contribution in [0.4, 0.5) is 0 Å². The van der Waals surface area contributed by atoms with Crippen LogP contribution in [0.1, 0.15) is 46.0 Å². The topological polar surface area (TPSA) is 46.5 Å². The lowest BCUT2D eigenvalue weighted by Crippen LogP contribution is -2.14. The van der Waals surface area contributed by atoms with Gasteiger partial charge in [-0.2, -0.15) is 0 Å². The number of ether oxygens (including phenoxy) is 1. The highest BCUT2D eigenvalue weighted by atomic mass is 16.5. The third-order valence-corrected chi connectivity index (χ3v) is 1.96. The van der Waals surface area contributed by atoms with Crippen molar-refractivity contribution in [3.05, 3.63) is 0 Å². The zero-order chi connectivity index (χ0) is 10.1. The van der Waals surface area contributed by atoms with E-state index in [-0.39, 0.29) is 12.5 Å². The van der Waals surface area contributed by atoms with Gasteiger partial charge in [0.05, 0.1) is 6.10 Å². The van der Waals surface area contributed by atoms with Gasteiger partial charge in [-0.05, 0) is 19.8 Å². The highest BCUT2D eigenvalue weighted by Gasteiger charge is 2.09. The minimum atomic E-state index is -0.735. The third-order valence-electron chi connectivity index (χ3n) is 1.96. The Morgan fingerprint density at radius 2 is 2.08 bits per heavy atom. The minimum Gasteiger partial charge on any atom is -0.481 e. The summed E-state index contributed by atoms with van der Waals surface area (Å²) >= 11 is 0. The second-order valence-corrected chi connectivity index (χ2v) is 3.15. The van der Waals surface area contributed by atoms with Crippen LogP contribution in [-0.2, 0) is 9.53 Å². The zero-order valence-electron chi connectivity index (χ0n) is 8.58. The van der Waals surface area contributed by atoms with Gasteiger partial charge in [-0.3, -0.25) is 4.79 Å². The van der Waals surface area contributed by atoms with Crippen molar-refractivity contribution in [2.24, 2.45) is 0 Å². The van der Waals surface area contributed by atoms with Crippen LogP contribution < -0.4 is 0 Å². The van der Waals surface area contributed by atoms with Crippen molar-refractivity contribution in [1.29, 1.82) is 0 Å². The van der Waals surface area contributed by atoms with Crippen LogP contribution >= 0.6 is 0 Å². The standard InChI is InChI=1S/C10H20O3/c1-3-5-6-9(13-4-2)7-8-10(11)12/h9H,3-8H2,1-2H3,(H,11,12)/t9-/m1/s1. The molecule has 0 spiro atoms. The molecular formula is C10H20O3. The molecule has 0 saturated carbocycles. The van der Waals surface area contributed by atoms with Gasteiger partial charge in [-0.25, -0.2) is 0 Å². The Bertz CT molecular complexity index is 134. The molecule has 0 rings (SSSR count). The fourth-order valence-electron chi connectivity index (χ4n) is 1.26. The molecule has 3 heteroatoms. The molecule has 0 aromatic rings. The van der Waals surface area contributed by atoms with Crippen molar-refractivity contribution in [3.8, 4) is 0 Å². The second kappa shape index (κ2) is 8.05. The largest absolute Gasteiger partial charge is 0.481 e. The van der Waals surface area contributed by atoms with Gasteiger partial charge in [0, 0.05) is 13.0 Å². The summed E-state index contributed by atoms with van der Waals surface area (Å²) in [5, 5.41) is 8.50. The first kappa shape index (κ1) is 12.4. The SMILES string of the molecule is CCCC[C@H](CCC(=O)O)OCC. The maximum absolute atomic E-state index is 10.3. The molecule has 0 fully saturated rings. The highest BCUT2D eigenvalue weighted by Crippen LogP contribution is 2.10. The molecule has 0 heterocycles. The lowest BCUT2D eigenvalue weighted by molar-refractivity contribution is -0.137. The normalized spacial score (nSPS) is 12.8. The Kier molecular flexibility index (Phi) is 7.69. The summed E-state index contributed by atoms with van der Waals surface area (Å²) in [5.41, 5.74) is 0. The molecule has 1 atom stereocenters. The molecule has 0 bridgehead atoms. The molecule has 0 aliphatic rings. The van der Waals surface area contributed by atoms with Gasteiger partial charge in [0.15, 0.2) is 0 Å². The van der Waals surface area contributed by atoms with E-state index in [9.17, 15) is 4.79 Å². The fraction of sp³-hybridized carbons (Fsp3) is 0.900. The lowest BCUT2D eigenvalue weighted by Gasteiger charge is -2.15. The van der Waals surface area contributed by atoms with Gasteiger partial charge < -0.3 is 9.84 Å². The first-order valence-electron chi connectivity index (χ1n) is 5.04. The van der Waals surface area contributed by atoms with Gasteiger partial charge in [0.1, 0.15) is 0 Å². The van der Waals surface area contributed by atoms with Crippen molar-refractivity contribution in [3.63, 3.8) is 0 Å². The third kappa shape index (κ3) is 7.78. The van der Waals surface area contributed by atoms with Crippen molar-refractivity contribution < 1.29 is 14.6 Å². The maximum atomic E-state index is 10.3. The van der Waals surface area contributed by atoms with Crippen molar-refractivity contribution in [1.82, 2.24) is 0 Å². The van der Waals surface area contributed by atoms with Crippen LogP contribution in [0.15, 0.2) is 0 Å². The van der Waals surface area contributed by atoms with Gasteiger partial charge in [0.2, 0.25) is 0 Å². The van der Waals surface area contributed by atoms with E-state index in [1.54, 1.807) is 0 Å². The van der Waals surface area contributed by atoms with Gasteiger partial charge in [-0.1, -0.05) is 19.8 Å². The Balaban J connectivity index is 3.59. The zero-order valence-corrected chi connectivity index (χ0v) is 8.58. The average Bonchev–Trinajstić information content (AvgIpc) is 2.09. The summed E-state index contributed by atoms with van der Waals surface area (Å²) in [6.45, 7) is 4.74. The van der Waals surface area contributed by atoms with E-state index in [1.165, 1.54) is 0 Å². The summed E-state index contributed by atoms with van der Waals surface area (Å²) in [4.78, 5) is 10.3. The van der Waals surface area contributed by atoms with Gasteiger partial charge >= 0.3 is 5.97 Å². The molecule has 0 radical (unpaired) electrons. The Hall–Kier alpha value is -0.570. The smallest absolute Gasteiger partial charge is 0.303 e. The summed E-state index contributed by atoms with van der Waals surface area (Å²) < 4.78 is 5.43. The summed E-state index contributed by atoms with van der Waals surface area (Å²) in [7, 11) is 0. The predicted molar refractivity (Wildman–Crippen MR) is 51.8 cm³/mol. The minimum absolute atomic E-state index is 0.140. The van der Waals surface area contributed by atoms with E-state index in [1.807, 2.05) is 6.92 Å². The van der Waals surface area contributed by atoms with E-state index in [2.05, 4.69) is 6.92 Å². The van der Waals surface area contributed by atoms with E-state index in [0.717, 1.165) is 19.3 Å². The number of hydrogen-bond donors (Lipinski definition) is 1. The molecular weight excluding hydrogens is 168 g/mol. The van der Waals surface area contributed by atoms with E-state index in [4.69, 9.17) is 9.84 Å². The number of aliphatic carboxylic acids is 1. The highest BCUT2D eigenvalue weighted by molar-refractivity contribution is 5.66. The number of rotatable bonds is 8. The molecule has 78 valence electrons. The molecule has 0 aromatic carbocycles. The summed E-state index contributed by atoms with van der Waals surface area (Å²) in [5.74, 6) is -0.735. The van der Waals surface area contributed by atoms with E-state index < -0.39 is 5.97 Å². The number of carbonyl (C=O) groups is 1. The first-order valence-corrected chi connectivity index (χ1v) is 5.04. The molecule has 0 aromatic heterocycles. The Morgan fingerprint density at radius 3 is 2.54 bits per heavy atom. The molecule has 0 aliphatic carbocycles. The van der Waals surface area contributed by atoms with Crippen molar-refractivity contribution in [2.45, 2.75) is 52.1 Å². The fourth-order valence-corrected chi connectivity index (χ4v) is 1.26. The molecule has 0 aliphatic heterocycles. The van der Waals surface area contributed by atoms with Crippen molar-refractivity contribution in [2.75, 3.05) is 6.61 Å². The molecule has 3 nitrogen and oxygen atoms in total. The van der Waals surface area contributed by atoms with Gasteiger partial charge in [-0.15, -0.1) is 0 Å². The van der Waals surface area contributed by atoms with Crippen LogP contribution in [0.3, 0.4) is 0 Å². The first-order chi connectivity index (χ1) is 6.20. The number of carboxylic acid groups (broad SMARTS) is 1. The average molecular weight is 188 g/mol. The molecule has 0 saturated heterocycles. The number of carboxylic acids is 1. The molecule has 0 amide bonds. The molecule has 13 heavy (non-hydrogen) atoms. The quantitative estimate of drug-likeness (QED) is 0.636. The van der Waals surface area contributed by atoms with Crippen LogP contribution in [-0.4, -0.2) is 23.8 Å². The Labute approximate surface area is 80.1 Å². The molecule has 0 unspecified atom stereocenters. The lowest BCUT2D eigenvalue weighted by atomic mass is 10.1. The number of unbranched alkanes of at least 4 members (excludes halogenated alkanes) is 1. The summed E-state index contributed by atoms with van der Waals surface area (Å²) in [6, 6.07) is 0. The summed E-state index contributed by atoms with van der Waals surface area (Å²) in [6.07, 6.45) is 4.23. The van der Waals surface area contributed by atoms with Crippen LogP contribution in [0.2, 0.25) is 0 Å². The monoisotopic (exact) mass is 188 g/mol. The van der Waals surface area contributed by atoms with Gasteiger partial charge in [0.25, 0.3) is 0 Å². The van der Waals surface area contributed by atoms with Crippen LogP contribution in [0, 0.1) is 0 Å². The second-order valence-electron chi connectivity index (χ2n) is 3.15. The van der Waals surface area contributed by atoms with E-state index in [0.29, 0.717) is 13.0 Å².